The Bertz CT molecular complexity index is 652. The fraction of sp³-hybridized carbons (Fsp3) is 0.200. The third-order valence-corrected chi connectivity index (χ3v) is 4.20. The molecule has 0 aliphatic heterocycles. The summed E-state index contributed by atoms with van der Waals surface area (Å²) >= 11 is 7.49. The Balaban J connectivity index is 1.66. The Hall–Kier alpha value is -1.65. The number of amides is 1. The zero-order valence-electron chi connectivity index (χ0n) is 10.7. The molecule has 3 rings (SSSR count). The van der Waals surface area contributed by atoms with Gasteiger partial charge in [0.2, 0.25) is 5.91 Å². The van der Waals surface area contributed by atoms with Crippen LogP contribution in [0.1, 0.15) is 29.3 Å². The van der Waals surface area contributed by atoms with Crippen molar-refractivity contribution in [3.63, 3.8) is 0 Å². The van der Waals surface area contributed by atoms with Crippen LogP contribution in [0.2, 0.25) is 5.02 Å². The maximum atomic E-state index is 11.9. The molecule has 0 saturated carbocycles. The standard InChI is InChI=1S/C15H13ClN2OS/c16-11-2-4-13-10(7-11)1-5-14(13)18-15(19)6-3-12-8-20-9-17-12/h2-4,6-9,14H,1,5H2,(H,18,19)/b6-3-/t14-/m1/s1. The molecule has 0 spiro atoms. The first-order chi connectivity index (χ1) is 9.72. The van der Waals surface area contributed by atoms with Crippen molar-refractivity contribution in [3.8, 4) is 0 Å². The number of aryl methyl sites for hydroxylation is 1. The van der Waals surface area contributed by atoms with Crippen molar-refractivity contribution in [3.05, 3.63) is 57.0 Å². The number of fused-ring (bicyclic) bond motifs is 1. The molecule has 0 fully saturated rings. The van der Waals surface area contributed by atoms with E-state index in [1.165, 1.54) is 28.5 Å². The summed E-state index contributed by atoms with van der Waals surface area (Å²) in [4.78, 5) is 16.0. The van der Waals surface area contributed by atoms with Crippen LogP contribution in [0.3, 0.4) is 0 Å². The van der Waals surface area contributed by atoms with E-state index >= 15 is 0 Å². The van der Waals surface area contributed by atoms with Gasteiger partial charge in [-0.2, -0.15) is 0 Å². The van der Waals surface area contributed by atoms with E-state index < -0.39 is 0 Å². The predicted octanol–water partition coefficient (Wildman–Crippen LogP) is 3.61. The number of hydrogen-bond acceptors (Lipinski definition) is 3. The third-order valence-electron chi connectivity index (χ3n) is 3.36. The molecular formula is C15H13ClN2OS. The van der Waals surface area contributed by atoms with Gasteiger partial charge in [0.25, 0.3) is 0 Å². The van der Waals surface area contributed by atoms with Crippen molar-refractivity contribution in [2.45, 2.75) is 18.9 Å². The second-order valence-corrected chi connectivity index (χ2v) is 5.84. The molecule has 3 nitrogen and oxygen atoms in total. The number of carbonyl (C=O) groups is 1. The molecule has 1 aromatic carbocycles. The summed E-state index contributed by atoms with van der Waals surface area (Å²) in [7, 11) is 0. The molecule has 1 heterocycles. The molecule has 2 aromatic rings. The normalized spacial score (nSPS) is 17.4. The number of carbonyl (C=O) groups excluding carboxylic acids is 1. The van der Waals surface area contributed by atoms with Gasteiger partial charge in [-0.3, -0.25) is 4.79 Å². The zero-order valence-corrected chi connectivity index (χ0v) is 12.2. The van der Waals surface area contributed by atoms with Gasteiger partial charge in [-0.05, 0) is 42.2 Å². The van der Waals surface area contributed by atoms with Crippen molar-refractivity contribution >= 4 is 34.9 Å². The molecule has 0 bridgehead atoms. The Morgan fingerprint density at radius 3 is 3.20 bits per heavy atom. The zero-order chi connectivity index (χ0) is 13.9. The highest BCUT2D eigenvalue weighted by molar-refractivity contribution is 7.07. The van der Waals surface area contributed by atoms with Gasteiger partial charge < -0.3 is 5.32 Å². The second kappa shape index (κ2) is 5.77. The molecule has 1 atom stereocenters. The topological polar surface area (TPSA) is 42.0 Å². The van der Waals surface area contributed by atoms with Crippen LogP contribution in [0.25, 0.3) is 6.08 Å². The van der Waals surface area contributed by atoms with Crippen molar-refractivity contribution in [1.82, 2.24) is 10.3 Å². The SMILES string of the molecule is O=C(/C=C\c1cscn1)N[C@@H]1CCc2cc(Cl)ccc21. The number of aromatic nitrogens is 1. The second-order valence-electron chi connectivity index (χ2n) is 4.69. The lowest BCUT2D eigenvalue weighted by molar-refractivity contribution is -0.117. The van der Waals surface area contributed by atoms with Gasteiger partial charge >= 0.3 is 0 Å². The smallest absolute Gasteiger partial charge is 0.244 e. The molecule has 102 valence electrons. The molecule has 20 heavy (non-hydrogen) atoms. The predicted molar refractivity (Wildman–Crippen MR) is 81.8 cm³/mol. The summed E-state index contributed by atoms with van der Waals surface area (Å²) in [6.45, 7) is 0. The summed E-state index contributed by atoms with van der Waals surface area (Å²) in [6, 6.07) is 5.93. The fourth-order valence-electron chi connectivity index (χ4n) is 2.42. The van der Waals surface area contributed by atoms with Crippen molar-refractivity contribution in [1.29, 1.82) is 0 Å². The number of nitrogens with one attached hydrogen (secondary N) is 1. The average Bonchev–Trinajstić information content (AvgIpc) is 3.06. The van der Waals surface area contributed by atoms with Crippen molar-refractivity contribution < 1.29 is 4.79 Å². The highest BCUT2D eigenvalue weighted by atomic mass is 35.5. The van der Waals surface area contributed by atoms with Gasteiger partial charge in [0.05, 0.1) is 17.2 Å². The maximum Gasteiger partial charge on any atom is 0.244 e. The van der Waals surface area contributed by atoms with Crippen LogP contribution < -0.4 is 5.32 Å². The monoisotopic (exact) mass is 304 g/mol. The molecule has 1 aliphatic rings. The van der Waals surface area contributed by atoms with E-state index in [1.54, 1.807) is 11.6 Å². The summed E-state index contributed by atoms with van der Waals surface area (Å²) < 4.78 is 0. The lowest BCUT2D eigenvalue weighted by Crippen LogP contribution is -2.25. The van der Waals surface area contributed by atoms with Crippen LogP contribution in [0, 0.1) is 0 Å². The molecule has 1 aliphatic carbocycles. The fourth-order valence-corrected chi connectivity index (χ4v) is 3.14. The Morgan fingerprint density at radius 1 is 1.50 bits per heavy atom. The minimum atomic E-state index is -0.0919. The first-order valence-electron chi connectivity index (χ1n) is 6.37. The number of halogens is 1. The van der Waals surface area contributed by atoms with Gasteiger partial charge in [-0.15, -0.1) is 11.3 Å². The molecule has 5 heteroatoms. The summed E-state index contributed by atoms with van der Waals surface area (Å²) in [5.41, 5.74) is 4.95. The number of thiazole rings is 1. The highest BCUT2D eigenvalue weighted by Gasteiger charge is 2.23. The van der Waals surface area contributed by atoms with Crippen LogP contribution in [0.5, 0.6) is 0 Å². The number of hydrogen-bond donors (Lipinski definition) is 1. The van der Waals surface area contributed by atoms with Crippen LogP contribution in [-0.4, -0.2) is 10.9 Å². The van der Waals surface area contributed by atoms with Crippen LogP contribution >= 0.6 is 22.9 Å². The first-order valence-corrected chi connectivity index (χ1v) is 7.69. The van der Waals surface area contributed by atoms with Crippen molar-refractivity contribution in [2.75, 3.05) is 0 Å². The highest BCUT2D eigenvalue weighted by Crippen LogP contribution is 2.32. The minimum absolute atomic E-state index is 0.0786. The van der Waals surface area contributed by atoms with E-state index in [-0.39, 0.29) is 11.9 Å². The quantitative estimate of drug-likeness (QED) is 0.880. The Morgan fingerprint density at radius 2 is 2.40 bits per heavy atom. The van der Waals surface area contributed by atoms with E-state index in [2.05, 4.69) is 10.3 Å². The first kappa shape index (κ1) is 13.3. The lowest BCUT2D eigenvalue weighted by atomic mass is 10.1. The van der Waals surface area contributed by atoms with E-state index in [4.69, 9.17) is 11.6 Å². The van der Waals surface area contributed by atoms with E-state index in [1.807, 2.05) is 23.6 Å². The molecule has 0 radical (unpaired) electrons. The lowest BCUT2D eigenvalue weighted by Gasteiger charge is -2.12. The molecule has 1 aromatic heterocycles. The van der Waals surface area contributed by atoms with Crippen LogP contribution in [0.15, 0.2) is 35.2 Å². The summed E-state index contributed by atoms with van der Waals surface area (Å²) in [6.07, 6.45) is 5.13. The van der Waals surface area contributed by atoms with Gasteiger partial charge in [0.15, 0.2) is 0 Å². The molecule has 1 N–H and O–H groups in total. The Kier molecular flexibility index (Phi) is 3.85. The van der Waals surface area contributed by atoms with E-state index in [9.17, 15) is 4.79 Å². The number of rotatable bonds is 3. The molecule has 0 saturated heterocycles. The minimum Gasteiger partial charge on any atom is -0.346 e. The van der Waals surface area contributed by atoms with E-state index in [0.717, 1.165) is 23.6 Å². The largest absolute Gasteiger partial charge is 0.346 e. The van der Waals surface area contributed by atoms with Gasteiger partial charge in [-0.25, -0.2) is 4.98 Å². The number of nitrogens with zero attached hydrogens (tertiary/aromatic N) is 1. The van der Waals surface area contributed by atoms with Gasteiger partial charge in [0, 0.05) is 16.5 Å². The van der Waals surface area contributed by atoms with Gasteiger partial charge in [-0.1, -0.05) is 17.7 Å². The molecule has 1 amide bonds. The number of benzene rings is 1. The van der Waals surface area contributed by atoms with Crippen molar-refractivity contribution in [2.24, 2.45) is 0 Å². The maximum absolute atomic E-state index is 11.9. The average molecular weight is 305 g/mol. The van der Waals surface area contributed by atoms with Gasteiger partial charge in [0.1, 0.15) is 0 Å². The Labute approximate surface area is 126 Å². The van der Waals surface area contributed by atoms with Crippen LogP contribution in [-0.2, 0) is 11.2 Å². The van der Waals surface area contributed by atoms with Crippen LogP contribution in [0.4, 0.5) is 0 Å². The summed E-state index contributed by atoms with van der Waals surface area (Å²) in [5, 5.41) is 5.67. The summed E-state index contributed by atoms with van der Waals surface area (Å²) in [5.74, 6) is -0.0919. The van der Waals surface area contributed by atoms with E-state index in [0.29, 0.717) is 0 Å². The molecule has 0 unspecified atom stereocenters. The third kappa shape index (κ3) is 2.92. The molecular weight excluding hydrogens is 292 g/mol.